The summed E-state index contributed by atoms with van der Waals surface area (Å²) in [5.74, 6) is -1.46. The molecule has 0 bridgehead atoms. The van der Waals surface area contributed by atoms with Crippen LogP contribution in [0.2, 0.25) is 0 Å². The molecule has 2 fully saturated rings. The molecule has 2 aromatic heterocycles. The standard InChI is InChI=1S/C22H18N6O4S/c1-2-26-9-10-27(21(31)20(26)30)15-6-3-13(4-7-15)16-12-23-18-8-5-14(25-28(16)18)11-17-19(29)24-22(32)33-17/h3-8,11-12H,2,9-10H2,1H3,(H,24,29,32)/b17-11-. The number of nitrogens with one attached hydrogen (secondary N) is 1. The van der Waals surface area contributed by atoms with Crippen LogP contribution in [0.5, 0.6) is 0 Å². The van der Waals surface area contributed by atoms with Crippen molar-refractivity contribution in [2.24, 2.45) is 0 Å². The molecule has 0 atom stereocenters. The molecule has 0 unspecified atom stereocenters. The number of imidazole rings is 1. The summed E-state index contributed by atoms with van der Waals surface area (Å²) in [4.78, 5) is 55.5. The summed E-state index contributed by atoms with van der Waals surface area (Å²) in [6.45, 7) is 3.31. The van der Waals surface area contributed by atoms with Crippen LogP contribution in [0.3, 0.4) is 0 Å². The van der Waals surface area contributed by atoms with Gasteiger partial charge < -0.3 is 9.80 Å². The van der Waals surface area contributed by atoms with Gasteiger partial charge in [0.2, 0.25) is 0 Å². The molecule has 10 nitrogen and oxygen atoms in total. The maximum absolute atomic E-state index is 12.5. The normalized spacial score (nSPS) is 18.0. The van der Waals surface area contributed by atoms with Crippen molar-refractivity contribution in [3.63, 3.8) is 0 Å². The summed E-state index contributed by atoms with van der Waals surface area (Å²) in [6.07, 6.45) is 3.24. The third-order valence-electron chi connectivity index (χ3n) is 5.47. The van der Waals surface area contributed by atoms with Crippen LogP contribution in [0.4, 0.5) is 10.5 Å². The maximum atomic E-state index is 12.5. The Labute approximate surface area is 192 Å². The van der Waals surface area contributed by atoms with Crippen molar-refractivity contribution in [3.05, 3.63) is 53.2 Å². The van der Waals surface area contributed by atoms with E-state index in [-0.39, 0.29) is 4.91 Å². The number of imide groups is 1. The molecular formula is C22H18N6O4S. The Morgan fingerprint density at radius 3 is 2.52 bits per heavy atom. The van der Waals surface area contributed by atoms with Crippen LogP contribution in [0, 0.1) is 0 Å². The highest BCUT2D eigenvalue weighted by Crippen LogP contribution is 2.27. The van der Waals surface area contributed by atoms with Crippen LogP contribution >= 0.6 is 11.8 Å². The summed E-state index contributed by atoms with van der Waals surface area (Å²) in [7, 11) is 0. The van der Waals surface area contributed by atoms with Crippen molar-refractivity contribution in [2.45, 2.75) is 6.92 Å². The number of likely N-dealkylation sites (N-methyl/N-ethyl adjacent to an activating group) is 1. The molecule has 0 spiro atoms. The molecule has 0 aliphatic carbocycles. The van der Waals surface area contributed by atoms with E-state index >= 15 is 0 Å². The van der Waals surface area contributed by atoms with E-state index in [0.29, 0.717) is 36.7 Å². The second kappa shape index (κ2) is 8.17. The highest BCUT2D eigenvalue weighted by atomic mass is 32.2. The quantitative estimate of drug-likeness (QED) is 0.465. The topological polar surface area (TPSA) is 117 Å². The second-order valence-electron chi connectivity index (χ2n) is 7.41. The first-order chi connectivity index (χ1) is 15.9. The molecule has 166 valence electrons. The molecular weight excluding hydrogens is 444 g/mol. The Hall–Kier alpha value is -3.99. The van der Waals surface area contributed by atoms with E-state index < -0.39 is 23.0 Å². The van der Waals surface area contributed by atoms with Crippen LogP contribution in [0.15, 0.2) is 47.5 Å². The lowest BCUT2D eigenvalue weighted by Crippen LogP contribution is -2.54. The molecule has 4 amide bonds. The zero-order valence-corrected chi connectivity index (χ0v) is 18.3. The van der Waals surface area contributed by atoms with Crippen molar-refractivity contribution in [1.82, 2.24) is 24.8 Å². The third kappa shape index (κ3) is 3.76. The highest BCUT2D eigenvalue weighted by Gasteiger charge is 2.32. The minimum absolute atomic E-state index is 0.278. The molecule has 1 aromatic carbocycles. The molecule has 0 saturated carbocycles. The van der Waals surface area contributed by atoms with Crippen LogP contribution < -0.4 is 10.2 Å². The van der Waals surface area contributed by atoms with E-state index in [0.717, 1.165) is 23.0 Å². The minimum Gasteiger partial charge on any atom is -0.333 e. The van der Waals surface area contributed by atoms with Crippen molar-refractivity contribution < 1.29 is 19.2 Å². The molecule has 3 aromatic rings. The number of amides is 4. The summed E-state index contributed by atoms with van der Waals surface area (Å²) >= 11 is 0.831. The third-order valence-corrected chi connectivity index (χ3v) is 6.28. The maximum Gasteiger partial charge on any atom is 0.316 e. The average Bonchev–Trinajstić information content (AvgIpc) is 3.37. The zero-order valence-electron chi connectivity index (χ0n) is 17.5. The number of carbonyl (C=O) groups is 4. The lowest BCUT2D eigenvalue weighted by Gasteiger charge is -2.33. The Morgan fingerprint density at radius 2 is 1.82 bits per heavy atom. The fourth-order valence-corrected chi connectivity index (χ4v) is 4.42. The largest absolute Gasteiger partial charge is 0.333 e. The molecule has 33 heavy (non-hydrogen) atoms. The SMILES string of the molecule is CCN1CCN(c2ccc(-c3cnc4ccc(/C=C5\SC(=O)NC5=O)nn34)cc2)C(=O)C1=O. The van der Waals surface area contributed by atoms with E-state index in [2.05, 4.69) is 15.4 Å². The lowest BCUT2D eigenvalue weighted by atomic mass is 10.1. The van der Waals surface area contributed by atoms with Crippen molar-refractivity contribution in [1.29, 1.82) is 0 Å². The van der Waals surface area contributed by atoms with Gasteiger partial charge in [0.25, 0.3) is 11.1 Å². The first-order valence-electron chi connectivity index (χ1n) is 10.3. The second-order valence-corrected chi connectivity index (χ2v) is 8.43. The molecule has 4 heterocycles. The van der Waals surface area contributed by atoms with Gasteiger partial charge in [-0.2, -0.15) is 5.10 Å². The van der Waals surface area contributed by atoms with Crippen LogP contribution in [-0.2, 0) is 14.4 Å². The van der Waals surface area contributed by atoms with E-state index in [1.807, 2.05) is 19.1 Å². The monoisotopic (exact) mass is 462 g/mol. The van der Waals surface area contributed by atoms with Gasteiger partial charge >= 0.3 is 11.8 Å². The summed E-state index contributed by atoms with van der Waals surface area (Å²) < 4.78 is 1.65. The zero-order chi connectivity index (χ0) is 23.1. The van der Waals surface area contributed by atoms with Crippen LogP contribution in [0.1, 0.15) is 12.6 Å². The van der Waals surface area contributed by atoms with E-state index in [1.54, 1.807) is 41.1 Å². The fourth-order valence-electron chi connectivity index (χ4n) is 3.75. The predicted molar refractivity (Wildman–Crippen MR) is 122 cm³/mol. The molecule has 2 aliphatic rings. The first-order valence-corrected chi connectivity index (χ1v) is 11.1. The van der Waals surface area contributed by atoms with Gasteiger partial charge in [-0.1, -0.05) is 12.1 Å². The number of nitrogens with zero attached hydrogens (tertiary/aromatic N) is 5. The van der Waals surface area contributed by atoms with Crippen molar-refractivity contribution in [2.75, 3.05) is 24.5 Å². The molecule has 1 N–H and O–H groups in total. The van der Waals surface area contributed by atoms with E-state index in [1.165, 1.54) is 9.80 Å². The summed E-state index contributed by atoms with van der Waals surface area (Å²) in [5, 5.41) is 6.35. The Morgan fingerprint density at radius 1 is 1.03 bits per heavy atom. The van der Waals surface area contributed by atoms with Gasteiger partial charge in [0.1, 0.15) is 0 Å². The fraction of sp³-hybridized carbons (Fsp3) is 0.182. The molecule has 5 rings (SSSR count). The van der Waals surface area contributed by atoms with Gasteiger partial charge in [0.15, 0.2) is 5.65 Å². The Bertz CT molecular complexity index is 1350. The number of piperazine rings is 1. The Balaban J connectivity index is 1.43. The van der Waals surface area contributed by atoms with Gasteiger partial charge in [-0.15, -0.1) is 0 Å². The number of benzene rings is 1. The highest BCUT2D eigenvalue weighted by molar-refractivity contribution is 8.18. The van der Waals surface area contributed by atoms with Gasteiger partial charge in [0, 0.05) is 30.9 Å². The van der Waals surface area contributed by atoms with Gasteiger partial charge in [-0.25, -0.2) is 9.50 Å². The summed E-state index contributed by atoms with van der Waals surface area (Å²) in [6, 6.07) is 10.8. The molecule has 2 saturated heterocycles. The smallest absolute Gasteiger partial charge is 0.316 e. The number of anilines is 1. The molecule has 2 aliphatic heterocycles. The number of thioether (sulfide) groups is 1. The first kappa shape index (κ1) is 20.9. The molecule has 0 radical (unpaired) electrons. The van der Waals surface area contributed by atoms with Gasteiger partial charge in [-0.3, -0.25) is 24.5 Å². The number of hydrogen-bond acceptors (Lipinski definition) is 7. The summed E-state index contributed by atoms with van der Waals surface area (Å²) in [5.41, 5.74) is 3.30. The number of aromatic nitrogens is 3. The number of hydrogen-bond donors (Lipinski definition) is 1. The van der Waals surface area contributed by atoms with E-state index in [9.17, 15) is 19.2 Å². The van der Waals surface area contributed by atoms with Gasteiger partial charge in [0.05, 0.1) is 22.5 Å². The number of carbonyl (C=O) groups excluding carboxylic acids is 4. The molecule has 11 heteroatoms. The lowest BCUT2D eigenvalue weighted by molar-refractivity contribution is -0.146. The van der Waals surface area contributed by atoms with Gasteiger partial charge in [-0.05, 0) is 49.0 Å². The predicted octanol–water partition coefficient (Wildman–Crippen LogP) is 1.92. The Kier molecular flexibility index (Phi) is 5.17. The number of fused-ring (bicyclic) bond motifs is 1. The number of rotatable bonds is 4. The van der Waals surface area contributed by atoms with Crippen molar-refractivity contribution in [3.8, 4) is 11.3 Å². The average molecular weight is 462 g/mol. The van der Waals surface area contributed by atoms with Crippen molar-refractivity contribution >= 4 is 52.1 Å². The van der Waals surface area contributed by atoms with E-state index in [4.69, 9.17) is 0 Å². The minimum atomic E-state index is -0.530. The van der Waals surface area contributed by atoms with Crippen LogP contribution in [-0.4, -0.2) is 62.1 Å². The van der Waals surface area contributed by atoms with Crippen LogP contribution in [0.25, 0.3) is 23.0 Å².